The molecule has 1 saturated heterocycles. The summed E-state index contributed by atoms with van der Waals surface area (Å²) in [6.45, 7) is 9.46. The summed E-state index contributed by atoms with van der Waals surface area (Å²) in [6, 6.07) is -0.0721. The number of ether oxygens (including phenoxy) is 1. The molecular formula is C13H23NO3. The van der Waals surface area contributed by atoms with Gasteiger partial charge in [-0.3, -0.25) is 4.79 Å². The number of nitrogens with zero attached hydrogens (tertiary/aromatic N) is 1. The lowest BCUT2D eigenvalue weighted by atomic mass is 9.94. The third-order valence-electron chi connectivity index (χ3n) is 2.93. The Morgan fingerprint density at radius 1 is 1.41 bits per heavy atom. The van der Waals surface area contributed by atoms with Gasteiger partial charge in [-0.05, 0) is 34.1 Å². The van der Waals surface area contributed by atoms with Gasteiger partial charge in [0.05, 0.1) is 0 Å². The highest BCUT2D eigenvalue weighted by Gasteiger charge is 2.36. The highest BCUT2D eigenvalue weighted by Crippen LogP contribution is 2.25. The molecule has 0 aromatic heterocycles. The van der Waals surface area contributed by atoms with Crippen molar-refractivity contribution in [2.75, 3.05) is 0 Å². The van der Waals surface area contributed by atoms with Gasteiger partial charge in [0.25, 0.3) is 0 Å². The third kappa shape index (κ3) is 3.72. The lowest BCUT2D eigenvalue weighted by Crippen LogP contribution is -2.52. The van der Waals surface area contributed by atoms with Crippen LogP contribution < -0.4 is 0 Å². The zero-order valence-corrected chi connectivity index (χ0v) is 11.4. The van der Waals surface area contributed by atoms with E-state index in [0.717, 1.165) is 6.42 Å². The van der Waals surface area contributed by atoms with Crippen LogP contribution in [0.5, 0.6) is 0 Å². The van der Waals surface area contributed by atoms with Gasteiger partial charge in [0, 0.05) is 24.9 Å². The van der Waals surface area contributed by atoms with Crippen LogP contribution in [0.15, 0.2) is 0 Å². The second-order valence-corrected chi connectivity index (χ2v) is 5.75. The maximum Gasteiger partial charge on any atom is 0.410 e. The fourth-order valence-electron chi connectivity index (χ4n) is 2.22. The molecule has 0 bridgehead atoms. The van der Waals surface area contributed by atoms with Crippen LogP contribution in [0.4, 0.5) is 4.79 Å². The Morgan fingerprint density at radius 2 is 2.00 bits per heavy atom. The molecule has 1 aliphatic rings. The zero-order valence-electron chi connectivity index (χ0n) is 11.4. The van der Waals surface area contributed by atoms with E-state index in [2.05, 4.69) is 0 Å². The number of rotatable bonds is 1. The molecule has 2 unspecified atom stereocenters. The summed E-state index contributed by atoms with van der Waals surface area (Å²) in [5.41, 5.74) is -0.490. The fraction of sp³-hybridized carbons (Fsp3) is 0.846. The molecule has 0 spiro atoms. The molecule has 0 aromatic rings. The number of Topliss-reactive ketones (excluding diaryl/α,β-unsaturated/α-hetero) is 1. The van der Waals surface area contributed by atoms with Crippen LogP contribution in [0.1, 0.15) is 53.9 Å². The largest absolute Gasteiger partial charge is 0.444 e. The van der Waals surface area contributed by atoms with Crippen molar-refractivity contribution in [1.82, 2.24) is 4.90 Å². The van der Waals surface area contributed by atoms with E-state index < -0.39 is 5.60 Å². The van der Waals surface area contributed by atoms with Crippen LogP contribution in [0.3, 0.4) is 0 Å². The molecule has 0 radical (unpaired) electrons. The Labute approximate surface area is 103 Å². The molecule has 4 nitrogen and oxygen atoms in total. The van der Waals surface area contributed by atoms with E-state index in [1.54, 1.807) is 4.90 Å². The van der Waals surface area contributed by atoms with Crippen LogP contribution in [0.2, 0.25) is 0 Å². The second-order valence-electron chi connectivity index (χ2n) is 5.75. The molecule has 1 heterocycles. The summed E-state index contributed by atoms with van der Waals surface area (Å²) in [5, 5.41) is 0. The number of likely N-dealkylation sites (tertiary alicyclic amines) is 1. The molecule has 1 amide bonds. The van der Waals surface area contributed by atoms with Gasteiger partial charge in [-0.15, -0.1) is 0 Å². The standard InChI is InChI=1S/C13H23NO3/c1-6-10-8-11(15)7-9(2)14(10)12(16)17-13(3,4)5/h9-10H,6-8H2,1-5H3. The molecule has 1 fully saturated rings. The quantitative estimate of drug-likeness (QED) is 0.709. The van der Waals surface area contributed by atoms with Gasteiger partial charge >= 0.3 is 6.09 Å². The molecule has 0 saturated carbocycles. The topological polar surface area (TPSA) is 46.6 Å². The van der Waals surface area contributed by atoms with Crippen molar-refractivity contribution in [1.29, 1.82) is 0 Å². The van der Waals surface area contributed by atoms with E-state index in [1.807, 2.05) is 34.6 Å². The maximum absolute atomic E-state index is 12.1. The third-order valence-corrected chi connectivity index (χ3v) is 2.93. The van der Waals surface area contributed by atoms with Gasteiger partial charge in [-0.2, -0.15) is 0 Å². The van der Waals surface area contributed by atoms with Crippen LogP contribution in [-0.2, 0) is 9.53 Å². The Hall–Kier alpha value is -1.06. The number of amides is 1. The van der Waals surface area contributed by atoms with E-state index in [0.29, 0.717) is 12.8 Å². The van der Waals surface area contributed by atoms with Crippen molar-refractivity contribution in [3.63, 3.8) is 0 Å². The first-order valence-corrected chi connectivity index (χ1v) is 6.27. The van der Waals surface area contributed by atoms with E-state index in [9.17, 15) is 9.59 Å². The summed E-state index contributed by atoms with van der Waals surface area (Å²) in [4.78, 5) is 25.3. The van der Waals surface area contributed by atoms with E-state index in [1.165, 1.54) is 0 Å². The maximum atomic E-state index is 12.1. The van der Waals surface area contributed by atoms with Crippen molar-refractivity contribution < 1.29 is 14.3 Å². The van der Waals surface area contributed by atoms with Crippen LogP contribution in [-0.4, -0.2) is 34.5 Å². The second kappa shape index (κ2) is 5.07. The van der Waals surface area contributed by atoms with Gasteiger partial charge in [0.2, 0.25) is 0 Å². The van der Waals surface area contributed by atoms with E-state index >= 15 is 0 Å². The predicted octanol–water partition coefficient (Wildman–Crippen LogP) is 2.75. The van der Waals surface area contributed by atoms with Crippen LogP contribution in [0.25, 0.3) is 0 Å². The Balaban J connectivity index is 2.78. The normalized spacial score (nSPS) is 25.9. The van der Waals surface area contributed by atoms with Crippen molar-refractivity contribution in [3.05, 3.63) is 0 Å². The molecule has 0 N–H and O–H groups in total. The predicted molar refractivity (Wildman–Crippen MR) is 65.9 cm³/mol. The molecule has 1 rings (SSSR count). The number of carbonyl (C=O) groups excluding carboxylic acids is 2. The monoisotopic (exact) mass is 241 g/mol. The van der Waals surface area contributed by atoms with Gasteiger partial charge in [-0.1, -0.05) is 6.92 Å². The van der Waals surface area contributed by atoms with Gasteiger partial charge < -0.3 is 9.64 Å². The average Bonchev–Trinajstić information content (AvgIpc) is 2.12. The van der Waals surface area contributed by atoms with Crippen LogP contribution >= 0.6 is 0 Å². The smallest absolute Gasteiger partial charge is 0.410 e. The Kier molecular flexibility index (Phi) is 4.17. The molecule has 0 aromatic carbocycles. The minimum Gasteiger partial charge on any atom is -0.444 e. The summed E-state index contributed by atoms with van der Waals surface area (Å²) in [7, 11) is 0. The minimum absolute atomic E-state index is 0.0129. The van der Waals surface area contributed by atoms with Gasteiger partial charge in [0.15, 0.2) is 0 Å². The SMILES string of the molecule is CCC1CC(=O)CC(C)N1C(=O)OC(C)(C)C. The van der Waals surface area contributed by atoms with Crippen molar-refractivity contribution in [2.24, 2.45) is 0 Å². The molecule has 1 aliphatic heterocycles. The van der Waals surface area contributed by atoms with Crippen molar-refractivity contribution in [2.45, 2.75) is 71.6 Å². The van der Waals surface area contributed by atoms with E-state index in [4.69, 9.17) is 4.74 Å². The summed E-state index contributed by atoms with van der Waals surface area (Å²) >= 11 is 0. The van der Waals surface area contributed by atoms with E-state index in [-0.39, 0.29) is 24.0 Å². The minimum atomic E-state index is -0.490. The highest BCUT2D eigenvalue weighted by atomic mass is 16.6. The fourth-order valence-corrected chi connectivity index (χ4v) is 2.22. The highest BCUT2D eigenvalue weighted by molar-refractivity contribution is 5.83. The first kappa shape index (κ1) is 14.0. The number of ketones is 1. The summed E-state index contributed by atoms with van der Waals surface area (Å²) in [6.07, 6.45) is 1.38. The lowest BCUT2D eigenvalue weighted by Gasteiger charge is -2.40. The number of hydrogen-bond acceptors (Lipinski definition) is 3. The number of carbonyl (C=O) groups is 2. The number of piperidine rings is 1. The molecule has 2 atom stereocenters. The van der Waals surface area contributed by atoms with Crippen molar-refractivity contribution in [3.8, 4) is 0 Å². The first-order chi connectivity index (χ1) is 7.74. The lowest BCUT2D eigenvalue weighted by molar-refractivity contribution is -0.124. The molecule has 0 aliphatic carbocycles. The summed E-state index contributed by atoms with van der Waals surface area (Å²) in [5.74, 6) is 0.240. The zero-order chi connectivity index (χ0) is 13.2. The Morgan fingerprint density at radius 3 is 2.47 bits per heavy atom. The van der Waals surface area contributed by atoms with Gasteiger partial charge in [0.1, 0.15) is 11.4 Å². The Bertz CT molecular complexity index is 306. The number of hydrogen-bond donors (Lipinski definition) is 0. The summed E-state index contributed by atoms with van der Waals surface area (Å²) < 4.78 is 5.39. The molecule has 4 heteroatoms. The van der Waals surface area contributed by atoms with Gasteiger partial charge in [-0.25, -0.2) is 4.79 Å². The molecule has 98 valence electrons. The van der Waals surface area contributed by atoms with Crippen molar-refractivity contribution >= 4 is 11.9 Å². The average molecular weight is 241 g/mol. The first-order valence-electron chi connectivity index (χ1n) is 6.27. The van der Waals surface area contributed by atoms with Crippen LogP contribution in [0, 0.1) is 0 Å². The molecular weight excluding hydrogens is 218 g/mol. The molecule has 17 heavy (non-hydrogen) atoms.